The van der Waals surface area contributed by atoms with Crippen LogP contribution in [-0.4, -0.2) is 59.9 Å². The van der Waals surface area contributed by atoms with Crippen LogP contribution in [0.15, 0.2) is 107 Å². The molecule has 0 unspecified atom stereocenters. The zero-order valence-electron chi connectivity index (χ0n) is 37.2. The molecule has 65 heavy (non-hydrogen) atoms. The third kappa shape index (κ3) is 12.9. The maximum absolute atomic E-state index is 14.5. The minimum Gasteiger partial charge on any atom is -0.506 e. The number of carbonyl (C=O) groups is 4. The number of unbranched alkanes of at least 4 members (excludes halogenated alkanes) is 9. The van der Waals surface area contributed by atoms with E-state index in [0.29, 0.717) is 52.3 Å². The van der Waals surface area contributed by atoms with Crippen molar-refractivity contribution in [3.8, 4) is 28.7 Å². The average Bonchev–Trinajstić information content (AvgIpc) is 3.79. The number of esters is 1. The molecule has 0 aliphatic heterocycles. The monoisotopic (exact) mass is 901 g/mol. The number of amides is 3. The molecule has 14 nitrogen and oxygen atoms in total. The quantitative estimate of drug-likeness (QED) is 0.0333. The van der Waals surface area contributed by atoms with E-state index in [1.807, 2.05) is 30.3 Å². The van der Waals surface area contributed by atoms with Crippen molar-refractivity contribution in [3.05, 3.63) is 114 Å². The van der Waals surface area contributed by atoms with Gasteiger partial charge in [0.15, 0.2) is 0 Å². The van der Waals surface area contributed by atoms with Gasteiger partial charge in [-0.15, -0.1) is 10.2 Å². The first-order valence-corrected chi connectivity index (χ1v) is 22.8. The summed E-state index contributed by atoms with van der Waals surface area (Å²) in [5.74, 6) is -0.618. The number of nitrogens with one attached hydrogen (secondary N) is 2. The number of thioether (sulfide) groups is 1. The van der Waals surface area contributed by atoms with Crippen molar-refractivity contribution in [1.82, 2.24) is 10.2 Å². The van der Waals surface area contributed by atoms with Crippen LogP contribution in [0.5, 0.6) is 17.2 Å². The summed E-state index contributed by atoms with van der Waals surface area (Å²) in [6.07, 6.45) is 10.4. The molecule has 0 aliphatic rings. The highest BCUT2D eigenvalue weighted by Crippen LogP contribution is 2.38. The number of phenolic OH excluding ortho intramolecular Hbond substituents is 1. The van der Waals surface area contributed by atoms with E-state index in [0.717, 1.165) is 24.8 Å². The van der Waals surface area contributed by atoms with Crippen molar-refractivity contribution in [2.45, 2.75) is 89.0 Å². The number of benzene rings is 5. The predicted octanol–water partition coefficient (Wildman–Crippen LogP) is 11.8. The van der Waals surface area contributed by atoms with Gasteiger partial charge in [-0.3, -0.25) is 14.5 Å². The molecule has 15 heteroatoms. The number of aromatic nitrogens is 2. The van der Waals surface area contributed by atoms with E-state index in [1.54, 1.807) is 59.5 Å². The second-order valence-electron chi connectivity index (χ2n) is 15.4. The number of hydrogen-bond acceptors (Lipinski definition) is 12. The number of rotatable bonds is 22. The van der Waals surface area contributed by atoms with Crippen LogP contribution >= 0.6 is 11.8 Å². The van der Waals surface area contributed by atoms with E-state index >= 15 is 0 Å². The average molecular weight is 902 g/mol. The van der Waals surface area contributed by atoms with Crippen LogP contribution in [-0.2, 0) is 15.3 Å². The molecule has 0 bridgehead atoms. The van der Waals surface area contributed by atoms with E-state index in [-0.39, 0.29) is 45.2 Å². The number of fused-ring (bicyclic) bond motifs is 1. The number of ether oxygens (including phenoxy) is 3. The van der Waals surface area contributed by atoms with E-state index in [4.69, 9.17) is 18.6 Å². The fourth-order valence-corrected chi connectivity index (χ4v) is 8.12. The molecule has 6 rings (SSSR count). The SMILES string of the molecule is CCCCCCCCCCCCN(C(=O)Oc1ccc(C(=O)OC)cc1CSc1nnc(-c2ccccc2)o1)c1cccc2c(O)c(C(=O)Nc3cc(NC(C)=O)ccc3OC)ccc12. The van der Waals surface area contributed by atoms with Gasteiger partial charge in [-0.25, -0.2) is 9.59 Å². The van der Waals surface area contributed by atoms with Crippen LogP contribution in [0.3, 0.4) is 0 Å². The molecule has 0 saturated heterocycles. The molecule has 0 spiro atoms. The van der Waals surface area contributed by atoms with Crippen molar-refractivity contribution in [2.75, 3.05) is 36.3 Å². The fraction of sp³-hybridized carbons (Fsp3) is 0.320. The summed E-state index contributed by atoms with van der Waals surface area (Å²) in [6, 6.07) is 27.2. The van der Waals surface area contributed by atoms with Crippen molar-refractivity contribution >= 4 is 63.5 Å². The van der Waals surface area contributed by atoms with Gasteiger partial charge < -0.3 is 34.4 Å². The molecule has 6 aromatic rings. The molecule has 0 aliphatic carbocycles. The van der Waals surface area contributed by atoms with E-state index < -0.39 is 18.0 Å². The van der Waals surface area contributed by atoms with Crippen molar-refractivity contribution in [3.63, 3.8) is 0 Å². The zero-order valence-corrected chi connectivity index (χ0v) is 38.0. The molecule has 340 valence electrons. The van der Waals surface area contributed by atoms with Gasteiger partial charge in [-0.05, 0) is 67.1 Å². The number of anilines is 3. The van der Waals surface area contributed by atoms with Gasteiger partial charge in [-0.1, -0.05) is 113 Å². The third-order valence-electron chi connectivity index (χ3n) is 10.7. The summed E-state index contributed by atoms with van der Waals surface area (Å²) in [5.41, 5.74) is 2.73. The highest BCUT2D eigenvalue weighted by molar-refractivity contribution is 7.98. The number of phenols is 1. The summed E-state index contributed by atoms with van der Waals surface area (Å²) in [7, 11) is 2.75. The number of hydrogen-bond donors (Lipinski definition) is 3. The highest BCUT2D eigenvalue weighted by atomic mass is 32.2. The van der Waals surface area contributed by atoms with Gasteiger partial charge in [0.25, 0.3) is 11.1 Å². The van der Waals surface area contributed by atoms with Crippen LogP contribution in [0, 0.1) is 0 Å². The highest BCUT2D eigenvalue weighted by Gasteiger charge is 2.25. The molecule has 5 aromatic carbocycles. The first-order valence-electron chi connectivity index (χ1n) is 21.8. The summed E-state index contributed by atoms with van der Waals surface area (Å²) < 4.78 is 22.5. The second kappa shape index (κ2) is 23.7. The topological polar surface area (TPSA) is 182 Å². The molecular weight excluding hydrogens is 847 g/mol. The molecule has 0 fully saturated rings. The lowest BCUT2D eigenvalue weighted by Crippen LogP contribution is -2.35. The van der Waals surface area contributed by atoms with Crippen LogP contribution in [0.1, 0.15) is 104 Å². The third-order valence-corrected chi connectivity index (χ3v) is 11.6. The first kappa shape index (κ1) is 47.6. The maximum Gasteiger partial charge on any atom is 0.419 e. The molecule has 1 heterocycles. The summed E-state index contributed by atoms with van der Waals surface area (Å²) in [5, 5.41) is 26.6. The molecule has 0 atom stereocenters. The molecule has 3 N–H and O–H groups in total. The Balaban J connectivity index is 1.26. The molecule has 0 saturated carbocycles. The molecule has 3 amide bonds. The van der Waals surface area contributed by atoms with Gasteiger partial charge in [0.2, 0.25) is 11.8 Å². The molecule has 1 aromatic heterocycles. The lowest BCUT2D eigenvalue weighted by atomic mass is 10.0. The van der Waals surface area contributed by atoms with Gasteiger partial charge in [0.05, 0.1) is 36.7 Å². The minimum atomic E-state index is -0.679. The van der Waals surface area contributed by atoms with Crippen LogP contribution < -0.4 is 25.0 Å². The smallest absolute Gasteiger partial charge is 0.419 e. The van der Waals surface area contributed by atoms with Crippen LogP contribution in [0.4, 0.5) is 21.9 Å². The standard InChI is InChI=1S/C50H55N5O9S/c1-5-6-7-8-9-10-11-12-13-17-29-55(42-22-18-21-39-38(42)25-26-40(45(39)57)46(58)52-41-31-37(51-33(2)56)24-28-44(41)61-3)50(60)63-43-27-23-35(48(59)62-4)30-36(43)32-65-49-54-53-47(64-49)34-19-15-14-16-20-34/h14-16,18-28,30-31,57H,5-13,17,29,32H2,1-4H3,(H,51,56)(H,52,58). The number of carbonyl (C=O) groups excluding carboxylic acids is 4. The Labute approximate surface area is 383 Å². The Bertz CT molecular complexity index is 2580. The maximum atomic E-state index is 14.5. The summed E-state index contributed by atoms with van der Waals surface area (Å²) >= 11 is 1.22. The van der Waals surface area contributed by atoms with Crippen LogP contribution in [0.2, 0.25) is 0 Å². The number of aromatic hydroxyl groups is 1. The largest absolute Gasteiger partial charge is 0.506 e. The Morgan fingerprint density at radius 2 is 1.48 bits per heavy atom. The van der Waals surface area contributed by atoms with E-state index in [9.17, 15) is 24.3 Å². The van der Waals surface area contributed by atoms with E-state index in [2.05, 4.69) is 27.8 Å². The lowest BCUT2D eigenvalue weighted by Gasteiger charge is -2.25. The minimum absolute atomic E-state index is 0.0181. The number of nitrogens with zero attached hydrogens (tertiary/aromatic N) is 3. The van der Waals surface area contributed by atoms with E-state index in [1.165, 1.54) is 83.6 Å². The molecule has 0 radical (unpaired) electrons. The predicted molar refractivity (Wildman–Crippen MR) is 253 cm³/mol. The van der Waals surface area contributed by atoms with Gasteiger partial charge in [0, 0.05) is 46.8 Å². The van der Waals surface area contributed by atoms with Crippen molar-refractivity contribution < 1.29 is 42.9 Å². The van der Waals surface area contributed by atoms with Crippen molar-refractivity contribution in [1.29, 1.82) is 0 Å². The van der Waals surface area contributed by atoms with Gasteiger partial charge in [0.1, 0.15) is 17.2 Å². The van der Waals surface area contributed by atoms with Crippen molar-refractivity contribution in [2.24, 2.45) is 0 Å². The van der Waals surface area contributed by atoms with Crippen LogP contribution in [0.25, 0.3) is 22.2 Å². The number of methoxy groups -OCH3 is 2. The summed E-state index contributed by atoms with van der Waals surface area (Å²) in [4.78, 5) is 54.1. The zero-order chi connectivity index (χ0) is 46.1. The fourth-order valence-electron chi connectivity index (χ4n) is 7.38. The Hall–Kier alpha value is -6.87. The summed E-state index contributed by atoms with van der Waals surface area (Å²) in [6.45, 7) is 3.89. The molecular formula is C50H55N5O9S. The lowest BCUT2D eigenvalue weighted by molar-refractivity contribution is -0.114. The normalized spacial score (nSPS) is 11.0. The Kier molecular flexibility index (Phi) is 17.4. The second-order valence-corrected chi connectivity index (χ2v) is 16.4. The Morgan fingerprint density at radius 1 is 0.754 bits per heavy atom. The van der Waals surface area contributed by atoms with Gasteiger partial charge >= 0.3 is 12.1 Å². The first-order chi connectivity index (χ1) is 31.6. The Morgan fingerprint density at radius 3 is 2.18 bits per heavy atom. The van der Waals surface area contributed by atoms with Gasteiger partial charge in [-0.2, -0.15) is 0 Å².